The second-order valence-electron chi connectivity index (χ2n) is 4.62. The van der Waals surface area contributed by atoms with Crippen molar-refractivity contribution >= 4 is 5.97 Å². The fourth-order valence-electron chi connectivity index (χ4n) is 1.44. The maximum atomic E-state index is 10.7. The van der Waals surface area contributed by atoms with Gasteiger partial charge in [-0.15, -0.1) is 0 Å². The van der Waals surface area contributed by atoms with Gasteiger partial charge in [0, 0.05) is 0 Å². The average Bonchev–Trinajstić information content (AvgIpc) is 2.90. The Bertz CT molecular complexity index is 396. The maximum absolute atomic E-state index is 10.7. The van der Waals surface area contributed by atoms with Crippen molar-refractivity contribution in [1.29, 1.82) is 0 Å². The van der Waals surface area contributed by atoms with Crippen molar-refractivity contribution in [3.63, 3.8) is 0 Å². The third kappa shape index (κ3) is 5.85. The Labute approximate surface area is 119 Å². The van der Waals surface area contributed by atoms with Crippen molar-refractivity contribution in [2.75, 3.05) is 0 Å². The molecule has 0 aliphatic carbocycles. The van der Waals surface area contributed by atoms with Crippen LogP contribution in [0.1, 0.15) is 19.4 Å². The average molecular weight is 286 g/mol. The first-order valence-electron chi connectivity index (χ1n) is 5.63. The number of rotatable bonds is 3. The smallest absolute Gasteiger partial charge is 0.481 e. The number of carboxylic acids is 1. The molecule has 0 spiro atoms. The maximum Gasteiger partial charge on any atom is 2.00 e. The number of hydrogen-bond donors (Lipinski definition) is 1. The first kappa shape index (κ1) is 16.7. The first-order chi connectivity index (χ1) is 8.02. The third-order valence-electron chi connectivity index (χ3n) is 2.51. The molecule has 18 heavy (non-hydrogen) atoms. The fraction of sp³-hybridized carbons (Fsp3) is 0.267. The van der Waals surface area contributed by atoms with E-state index in [4.69, 9.17) is 5.11 Å². The molecule has 1 N–H and O–H groups in total. The van der Waals surface area contributed by atoms with Gasteiger partial charge in [0.1, 0.15) is 0 Å². The summed E-state index contributed by atoms with van der Waals surface area (Å²) < 4.78 is 0. The molecule has 2 aromatic rings. The van der Waals surface area contributed by atoms with Gasteiger partial charge in [-0.3, -0.25) is 4.79 Å². The fourth-order valence-corrected chi connectivity index (χ4v) is 1.44. The molecule has 2 aromatic carbocycles. The van der Waals surface area contributed by atoms with Gasteiger partial charge in [-0.1, -0.05) is 0 Å². The Morgan fingerprint density at radius 3 is 2.17 bits per heavy atom. The van der Waals surface area contributed by atoms with Crippen LogP contribution >= 0.6 is 0 Å². The molecule has 0 atom stereocenters. The van der Waals surface area contributed by atoms with Gasteiger partial charge in [-0.2, -0.15) is 35.9 Å². The summed E-state index contributed by atoms with van der Waals surface area (Å²) in [5.74, 6) is -0.747. The van der Waals surface area contributed by atoms with Crippen LogP contribution < -0.4 is 0 Å². The molecule has 0 aliphatic rings. The Morgan fingerprint density at radius 1 is 1.22 bits per heavy atom. The van der Waals surface area contributed by atoms with E-state index >= 15 is 0 Å². The normalized spacial score (nSPS) is 9.89. The monoisotopic (exact) mass is 286 g/mol. The van der Waals surface area contributed by atoms with E-state index in [2.05, 4.69) is 0 Å². The quantitative estimate of drug-likeness (QED) is 0.693. The zero-order chi connectivity index (χ0) is 12.7. The molecule has 0 unspecified atom stereocenters. The molecule has 0 heterocycles. The summed E-state index contributed by atoms with van der Waals surface area (Å²) in [5.41, 5.74) is 0.427. The summed E-state index contributed by atoms with van der Waals surface area (Å²) in [5, 5.41) is 8.84. The van der Waals surface area contributed by atoms with Crippen LogP contribution in [-0.2, 0) is 28.3 Å². The number of carboxylic acid groups (broad SMARTS) is 1. The predicted octanol–water partition coefficient (Wildman–Crippen LogP) is 3.46. The van der Waals surface area contributed by atoms with Crippen molar-refractivity contribution in [2.45, 2.75) is 20.3 Å². The number of aliphatic carboxylic acids is 1. The van der Waals surface area contributed by atoms with Gasteiger partial charge < -0.3 is 5.11 Å². The van der Waals surface area contributed by atoms with Crippen LogP contribution in [0.4, 0.5) is 0 Å². The standard InChI is InChI=1S/C10H13O2.C5H5.Fe/c1-10(2,9(11)12)7-8-5-3-4-6-8;1-2-4-5-3-1;/h3-6H,7H2,1-2H3,(H,11,12);1-5H;/q2*-1;+2. The van der Waals surface area contributed by atoms with Crippen molar-refractivity contribution in [1.82, 2.24) is 0 Å². The molecule has 98 valence electrons. The van der Waals surface area contributed by atoms with Crippen LogP contribution in [0.15, 0.2) is 54.6 Å². The van der Waals surface area contributed by atoms with Gasteiger partial charge in [0.2, 0.25) is 0 Å². The van der Waals surface area contributed by atoms with E-state index in [1.165, 1.54) is 0 Å². The molecule has 2 nitrogen and oxygen atoms in total. The topological polar surface area (TPSA) is 37.3 Å². The van der Waals surface area contributed by atoms with E-state index in [1.54, 1.807) is 13.8 Å². The van der Waals surface area contributed by atoms with Crippen molar-refractivity contribution in [3.05, 3.63) is 60.2 Å². The number of carbonyl (C=O) groups is 1. The van der Waals surface area contributed by atoms with Gasteiger partial charge in [-0.05, 0) is 20.3 Å². The van der Waals surface area contributed by atoms with Gasteiger partial charge in [0.05, 0.1) is 5.41 Å². The van der Waals surface area contributed by atoms with Crippen molar-refractivity contribution in [2.24, 2.45) is 5.41 Å². The minimum atomic E-state index is -0.747. The van der Waals surface area contributed by atoms with Crippen molar-refractivity contribution in [3.8, 4) is 0 Å². The van der Waals surface area contributed by atoms with Crippen LogP contribution in [-0.4, -0.2) is 11.1 Å². The molecule has 0 fully saturated rings. The summed E-state index contributed by atoms with van der Waals surface area (Å²) in [4.78, 5) is 10.7. The van der Waals surface area contributed by atoms with Crippen molar-refractivity contribution < 1.29 is 27.0 Å². The largest absolute Gasteiger partial charge is 2.00 e. The SMILES string of the molecule is CC(C)(Cc1ccc[cH-]1)C(=O)O.[Fe+2].c1cc[cH-]c1. The summed E-state index contributed by atoms with van der Waals surface area (Å²) in [6, 6.07) is 17.7. The minimum absolute atomic E-state index is 0. The molecule has 0 saturated carbocycles. The zero-order valence-corrected chi connectivity index (χ0v) is 11.7. The summed E-state index contributed by atoms with van der Waals surface area (Å²) in [7, 11) is 0. The molecule has 3 heteroatoms. The molecule has 0 bridgehead atoms. The van der Waals surface area contributed by atoms with E-state index in [-0.39, 0.29) is 17.1 Å². The Kier molecular flexibility index (Phi) is 7.33. The van der Waals surface area contributed by atoms with Crippen LogP contribution in [0.3, 0.4) is 0 Å². The predicted molar refractivity (Wildman–Crippen MR) is 69.2 cm³/mol. The molecule has 0 saturated heterocycles. The second kappa shape index (κ2) is 7.91. The Morgan fingerprint density at radius 2 is 1.83 bits per heavy atom. The van der Waals surface area contributed by atoms with E-state index in [9.17, 15) is 4.79 Å². The van der Waals surface area contributed by atoms with E-state index in [0.29, 0.717) is 6.42 Å². The van der Waals surface area contributed by atoms with E-state index < -0.39 is 11.4 Å². The first-order valence-corrected chi connectivity index (χ1v) is 5.63. The molecule has 2 rings (SSSR count). The molecule has 0 radical (unpaired) electrons. The summed E-state index contributed by atoms with van der Waals surface area (Å²) in [6.45, 7) is 3.48. The Balaban J connectivity index is 0.000000405. The molecule has 0 amide bonds. The summed E-state index contributed by atoms with van der Waals surface area (Å²) in [6.07, 6.45) is 0.593. The van der Waals surface area contributed by atoms with Gasteiger partial charge in [0.15, 0.2) is 0 Å². The van der Waals surface area contributed by atoms with Gasteiger partial charge in [-0.25, -0.2) is 24.3 Å². The zero-order valence-electron chi connectivity index (χ0n) is 10.6. The van der Waals surface area contributed by atoms with Gasteiger partial charge in [0.25, 0.3) is 0 Å². The van der Waals surface area contributed by atoms with Gasteiger partial charge >= 0.3 is 23.0 Å². The number of hydrogen-bond acceptors (Lipinski definition) is 1. The Hall–Kier alpha value is -1.31. The van der Waals surface area contributed by atoms with E-state index in [0.717, 1.165) is 5.56 Å². The molecule has 0 aliphatic heterocycles. The second-order valence-corrected chi connectivity index (χ2v) is 4.62. The molecule has 0 aromatic heterocycles. The minimum Gasteiger partial charge on any atom is -0.481 e. The molecular formula is C15H18FeO2. The third-order valence-corrected chi connectivity index (χ3v) is 2.51. The van der Waals surface area contributed by atoms with Crippen LogP contribution in [0.5, 0.6) is 0 Å². The van der Waals surface area contributed by atoms with E-state index in [1.807, 2.05) is 54.6 Å². The van der Waals surface area contributed by atoms with Crippen LogP contribution in [0.25, 0.3) is 0 Å². The summed E-state index contributed by atoms with van der Waals surface area (Å²) >= 11 is 0. The van der Waals surface area contributed by atoms with Crippen LogP contribution in [0, 0.1) is 5.41 Å². The molecular weight excluding hydrogens is 268 g/mol. The van der Waals surface area contributed by atoms with Crippen LogP contribution in [0.2, 0.25) is 0 Å².